The summed E-state index contributed by atoms with van der Waals surface area (Å²) in [6.45, 7) is 0. The summed E-state index contributed by atoms with van der Waals surface area (Å²) in [5, 5.41) is 16.9. The number of amides is 1. The minimum absolute atomic E-state index is 0.222. The van der Waals surface area contributed by atoms with Crippen LogP contribution in [0.5, 0.6) is 0 Å². The fraction of sp³-hybridized carbons (Fsp3) is 0.379. The van der Waals surface area contributed by atoms with Gasteiger partial charge in [0.05, 0.1) is 29.6 Å². The van der Waals surface area contributed by atoms with Gasteiger partial charge < -0.3 is 10.8 Å². The maximum absolute atomic E-state index is 13.5. The van der Waals surface area contributed by atoms with E-state index in [2.05, 4.69) is 11.2 Å². The van der Waals surface area contributed by atoms with Gasteiger partial charge in [0.2, 0.25) is 5.91 Å². The summed E-state index contributed by atoms with van der Waals surface area (Å²) in [5.41, 5.74) is 10.8. The zero-order valence-corrected chi connectivity index (χ0v) is 19.7. The molecule has 0 unspecified atom stereocenters. The van der Waals surface area contributed by atoms with E-state index in [0.717, 1.165) is 60.2 Å². The molecule has 0 spiro atoms. The van der Waals surface area contributed by atoms with E-state index in [1.54, 1.807) is 12.1 Å². The molecule has 1 amide bonds. The molecule has 6 heteroatoms. The van der Waals surface area contributed by atoms with Crippen LogP contribution in [-0.4, -0.2) is 26.4 Å². The lowest BCUT2D eigenvalue weighted by atomic mass is 9.61. The molecule has 1 heterocycles. The molecule has 35 heavy (non-hydrogen) atoms. The van der Waals surface area contributed by atoms with Gasteiger partial charge in [-0.25, -0.2) is 9.07 Å². The van der Waals surface area contributed by atoms with Crippen molar-refractivity contribution in [3.8, 4) is 5.69 Å². The first-order chi connectivity index (χ1) is 16.9. The van der Waals surface area contributed by atoms with Crippen LogP contribution in [0, 0.1) is 17.2 Å². The van der Waals surface area contributed by atoms with Gasteiger partial charge in [-0.15, -0.1) is 0 Å². The van der Waals surface area contributed by atoms with E-state index in [-0.39, 0.29) is 23.6 Å². The van der Waals surface area contributed by atoms with Crippen molar-refractivity contribution in [2.24, 2.45) is 17.1 Å². The topological polar surface area (TPSA) is 81.1 Å². The minimum atomic E-state index is -0.810. The summed E-state index contributed by atoms with van der Waals surface area (Å²) in [5.74, 6) is -0.127. The smallest absolute Gasteiger partial charge is 0.221 e. The molecule has 3 aliphatic rings. The Labute approximate surface area is 204 Å². The van der Waals surface area contributed by atoms with Crippen LogP contribution in [0.4, 0.5) is 4.39 Å². The summed E-state index contributed by atoms with van der Waals surface area (Å²) >= 11 is 0. The number of hydrogen-bond donors (Lipinski definition) is 2. The third-order valence-corrected chi connectivity index (χ3v) is 8.51. The number of nitrogens with zero attached hydrogens (tertiary/aromatic N) is 2. The van der Waals surface area contributed by atoms with Crippen molar-refractivity contribution >= 4 is 12.0 Å². The molecule has 2 saturated carbocycles. The molecule has 3 aliphatic carbocycles. The van der Waals surface area contributed by atoms with Crippen LogP contribution in [0.25, 0.3) is 11.8 Å². The maximum atomic E-state index is 13.5. The number of aromatic nitrogens is 2. The lowest BCUT2D eigenvalue weighted by molar-refractivity contribution is -0.117. The minimum Gasteiger partial charge on any atom is -0.389 e. The second-order valence-electron chi connectivity index (χ2n) is 10.5. The van der Waals surface area contributed by atoms with Gasteiger partial charge in [-0.1, -0.05) is 29.8 Å². The number of aryl methyl sites for hydroxylation is 1. The van der Waals surface area contributed by atoms with Crippen molar-refractivity contribution in [2.45, 2.75) is 57.0 Å². The molecule has 0 bridgehead atoms. The molecule has 6 rings (SSSR count). The van der Waals surface area contributed by atoms with Crippen LogP contribution in [0.1, 0.15) is 54.5 Å². The van der Waals surface area contributed by atoms with Crippen molar-refractivity contribution < 1.29 is 14.3 Å². The summed E-state index contributed by atoms with van der Waals surface area (Å²) in [6, 6.07) is 14.3. The first-order valence-electron chi connectivity index (χ1n) is 12.5. The molecular weight excluding hydrogens is 441 g/mol. The van der Waals surface area contributed by atoms with Gasteiger partial charge in [0.15, 0.2) is 0 Å². The molecule has 3 N–H and O–H groups in total. The van der Waals surface area contributed by atoms with Crippen LogP contribution in [0.3, 0.4) is 0 Å². The predicted octanol–water partition coefficient (Wildman–Crippen LogP) is 4.53. The van der Waals surface area contributed by atoms with Crippen LogP contribution < -0.4 is 5.73 Å². The van der Waals surface area contributed by atoms with Gasteiger partial charge in [-0.05, 0) is 97.9 Å². The van der Waals surface area contributed by atoms with Crippen molar-refractivity contribution in [3.63, 3.8) is 0 Å². The van der Waals surface area contributed by atoms with E-state index in [4.69, 9.17) is 5.73 Å². The fourth-order valence-corrected chi connectivity index (χ4v) is 6.71. The van der Waals surface area contributed by atoms with Gasteiger partial charge in [0.25, 0.3) is 0 Å². The van der Waals surface area contributed by atoms with Crippen molar-refractivity contribution in [1.82, 2.24) is 9.78 Å². The fourth-order valence-electron chi connectivity index (χ4n) is 6.71. The SMILES string of the molecule is NC(=O)Cc1ccccc1CC[C@]1(O)CCC2=Cc3c(cnn3-c3ccc(F)cc3)C[C@@]21C1CC1. The van der Waals surface area contributed by atoms with Crippen LogP contribution in [0.15, 0.2) is 60.3 Å². The highest BCUT2D eigenvalue weighted by atomic mass is 19.1. The number of hydrogen-bond acceptors (Lipinski definition) is 3. The Morgan fingerprint density at radius 3 is 2.60 bits per heavy atom. The zero-order valence-electron chi connectivity index (χ0n) is 19.7. The third kappa shape index (κ3) is 3.62. The quantitative estimate of drug-likeness (QED) is 0.531. The molecule has 2 aromatic carbocycles. The first-order valence-corrected chi connectivity index (χ1v) is 12.5. The number of carbonyl (C=O) groups is 1. The highest BCUT2D eigenvalue weighted by Crippen LogP contribution is 2.66. The van der Waals surface area contributed by atoms with Crippen molar-refractivity contribution in [1.29, 1.82) is 0 Å². The Kier molecular flexibility index (Phi) is 5.18. The first kappa shape index (κ1) is 22.2. The summed E-state index contributed by atoms with van der Waals surface area (Å²) in [7, 11) is 0. The lowest BCUT2D eigenvalue weighted by Crippen LogP contribution is -2.49. The Bertz CT molecular complexity index is 1320. The lowest BCUT2D eigenvalue weighted by Gasteiger charge is -2.46. The Morgan fingerprint density at radius 1 is 1.14 bits per heavy atom. The number of fused-ring (bicyclic) bond motifs is 2. The standard InChI is InChI=1S/C29H30FN3O2/c30-24-7-9-25(10-8-24)33-26-16-23-12-14-28(35,29(23,22-5-6-22)17-21(26)18-32-33)13-11-19-3-1-2-4-20(19)15-27(31)34/h1-4,7-10,16,18,22,35H,5-6,11-15,17H2,(H2,31,34)/t28-,29+/m0/s1. The van der Waals surface area contributed by atoms with Crippen molar-refractivity contribution in [2.75, 3.05) is 0 Å². The van der Waals surface area contributed by atoms with Gasteiger partial charge in [0, 0.05) is 5.41 Å². The van der Waals surface area contributed by atoms with Crippen LogP contribution >= 0.6 is 0 Å². The predicted molar refractivity (Wildman–Crippen MR) is 132 cm³/mol. The van der Waals surface area contributed by atoms with E-state index < -0.39 is 5.60 Å². The molecule has 0 saturated heterocycles. The van der Waals surface area contributed by atoms with E-state index in [1.807, 2.05) is 35.1 Å². The zero-order chi connectivity index (χ0) is 24.2. The number of primary amides is 1. The van der Waals surface area contributed by atoms with Gasteiger partial charge in [-0.2, -0.15) is 5.10 Å². The summed E-state index contributed by atoms with van der Waals surface area (Å²) < 4.78 is 15.4. The van der Waals surface area contributed by atoms with E-state index in [1.165, 1.54) is 17.7 Å². The van der Waals surface area contributed by atoms with Crippen LogP contribution in [-0.2, 0) is 24.1 Å². The molecule has 0 aliphatic heterocycles. The number of aliphatic hydroxyl groups is 1. The number of benzene rings is 2. The van der Waals surface area contributed by atoms with E-state index in [9.17, 15) is 14.3 Å². The Balaban J connectivity index is 1.33. The van der Waals surface area contributed by atoms with Gasteiger partial charge in [-0.3, -0.25) is 4.79 Å². The number of rotatable bonds is 7. The normalized spacial score (nSPS) is 25.1. The van der Waals surface area contributed by atoms with Crippen LogP contribution in [0.2, 0.25) is 0 Å². The van der Waals surface area contributed by atoms with Gasteiger partial charge in [0.1, 0.15) is 5.82 Å². The largest absolute Gasteiger partial charge is 0.389 e. The Morgan fingerprint density at radius 2 is 1.89 bits per heavy atom. The highest BCUT2D eigenvalue weighted by molar-refractivity contribution is 5.77. The Hall–Kier alpha value is -3.25. The second kappa shape index (κ2) is 8.16. The second-order valence-corrected chi connectivity index (χ2v) is 10.5. The average molecular weight is 472 g/mol. The average Bonchev–Trinajstić information content (AvgIpc) is 3.56. The highest BCUT2D eigenvalue weighted by Gasteiger charge is 2.63. The third-order valence-electron chi connectivity index (χ3n) is 8.51. The van der Waals surface area contributed by atoms with E-state index in [0.29, 0.717) is 18.8 Å². The molecule has 2 fully saturated rings. The molecule has 5 nitrogen and oxygen atoms in total. The molecule has 2 atom stereocenters. The van der Waals surface area contributed by atoms with Crippen molar-refractivity contribution in [3.05, 3.63) is 88.5 Å². The molecular formula is C29H30FN3O2. The van der Waals surface area contributed by atoms with Gasteiger partial charge >= 0.3 is 0 Å². The molecule has 0 radical (unpaired) electrons. The summed E-state index contributed by atoms with van der Waals surface area (Å²) in [4.78, 5) is 11.6. The molecule has 180 valence electrons. The summed E-state index contributed by atoms with van der Waals surface area (Å²) in [6.07, 6.45) is 10.4. The number of halogens is 1. The monoisotopic (exact) mass is 471 g/mol. The molecule has 3 aromatic rings. The van der Waals surface area contributed by atoms with E-state index >= 15 is 0 Å². The number of nitrogens with two attached hydrogens (primary N) is 1. The maximum Gasteiger partial charge on any atom is 0.221 e. The number of carbonyl (C=O) groups excluding carboxylic acids is 1. The molecule has 1 aromatic heterocycles.